The van der Waals surface area contributed by atoms with Gasteiger partial charge in [0.05, 0.1) is 5.69 Å². The monoisotopic (exact) mass is 503 g/mol. The van der Waals surface area contributed by atoms with Crippen molar-refractivity contribution in [1.82, 2.24) is 4.98 Å². The lowest BCUT2D eigenvalue weighted by atomic mass is 9.89. The molecule has 34 heavy (non-hydrogen) atoms. The van der Waals surface area contributed by atoms with Gasteiger partial charge in [0.25, 0.3) is 0 Å². The largest absolute Gasteiger partial charge is 0.354 e. The molecule has 5 rings (SSSR count). The second-order valence-electron chi connectivity index (χ2n) is 8.61. The Bertz CT molecular complexity index is 1490. The Labute approximate surface area is 209 Å². The summed E-state index contributed by atoms with van der Waals surface area (Å²) >= 11 is 3.86. The molecule has 166 valence electrons. The van der Waals surface area contributed by atoms with Crippen molar-refractivity contribution >= 4 is 38.0 Å². The predicted octanol–water partition coefficient (Wildman–Crippen LogP) is 9.52. The van der Waals surface area contributed by atoms with Crippen molar-refractivity contribution in [3.05, 3.63) is 142 Å². The molecule has 0 radical (unpaired) electrons. The maximum Gasteiger partial charge on any atom is 0.0545 e. The Balaban J connectivity index is 1.88. The van der Waals surface area contributed by atoms with E-state index in [4.69, 9.17) is 0 Å². The molecule has 1 nitrogen and oxygen atoms in total. The van der Waals surface area contributed by atoms with Crippen LogP contribution >= 0.6 is 15.9 Å². The normalized spacial score (nSPS) is 11.6. The van der Waals surface area contributed by atoms with Gasteiger partial charge < -0.3 is 4.98 Å². The van der Waals surface area contributed by atoms with Crippen LogP contribution in [0.15, 0.2) is 125 Å². The smallest absolute Gasteiger partial charge is 0.0545 e. The summed E-state index contributed by atoms with van der Waals surface area (Å²) in [5.41, 5.74) is 10.7. The molecule has 1 N–H and O–H groups in total. The lowest BCUT2D eigenvalue weighted by molar-refractivity contribution is 1.39. The average molecular weight is 504 g/mol. The van der Waals surface area contributed by atoms with Crippen LogP contribution in [-0.2, 0) is 0 Å². The standard InChI is InChI=1S/C32H26BrN/c1-22(2)26(23-13-6-3-7-14-23)21-27(24-15-8-4-9-16-24)30-31-28(33)19-12-20-29(31)34-32(30)25-17-10-5-11-18-25/h3-21,34H,1-2H3/b27-21-. The number of nitrogens with one attached hydrogen (secondary N) is 1. The van der Waals surface area contributed by atoms with Crippen molar-refractivity contribution in [1.29, 1.82) is 0 Å². The maximum atomic E-state index is 3.86. The number of aromatic nitrogens is 1. The lowest BCUT2D eigenvalue weighted by Gasteiger charge is -2.15. The van der Waals surface area contributed by atoms with Crippen molar-refractivity contribution in [2.75, 3.05) is 0 Å². The molecule has 0 unspecified atom stereocenters. The summed E-state index contributed by atoms with van der Waals surface area (Å²) in [6, 6.07) is 38.3. The molecule has 1 aromatic heterocycles. The SMILES string of the molecule is CC(C)=C(/C=C(/c1ccccc1)c1c(-c2ccccc2)[nH]c2cccc(Br)c12)c1ccccc1. The summed E-state index contributed by atoms with van der Waals surface area (Å²) in [4.78, 5) is 3.73. The first-order valence-corrected chi connectivity index (χ1v) is 12.3. The minimum atomic E-state index is 1.08. The molecule has 0 bridgehead atoms. The first kappa shape index (κ1) is 22.2. The minimum Gasteiger partial charge on any atom is -0.354 e. The number of allylic oxidation sites excluding steroid dienone is 3. The number of aromatic amines is 1. The van der Waals surface area contributed by atoms with E-state index in [0.717, 1.165) is 15.7 Å². The summed E-state index contributed by atoms with van der Waals surface area (Å²) in [7, 11) is 0. The van der Waals surface area contributed by atoms with Crippen LogP contribution in [-0.4, -0.2) is 4.98 Å². The molecule has 0 aliphatic heterocycles. The van der Waals surface area contributed by atoms with Crippen LogP contribution in [0.5, 0.6) is 0 Å². The van der Waals surface area contributed by atoms with Gasteiger partial charge in [-0.2, -0.15) is 0 Å². The van der Waals surface area contributed by atoms with Crippen molar-refractivity contribution in [3.63, 3.8) is 0 Å². The van der Waals surface area contributed by atoms with E-state index in [1.807, 2.05) is 0 Å². The van der Waals surface area contributed by atoms with Crippen molar-refractivity contribution < 1.29 is 0 Å². The molecule has 0 aliphatic rings. The van der Waals surface area contributed by atoms with Gasteiger partial charge in [-0.15, -0.1) is 0 Å². The first-order valence-electron chi connectivity index (χ1n) is 11.5. The number of fused-ring (bicyclic) bond motifs is 1. The van der Waals surface area contributed by atoms with E-state index in [9.17, 15) is 0 Å². The Morgan fingerprint density at radius 3 is 1.88 bits per heavy atom. The molecular weight excluding hydrogens is 478 g/mol. The van der Waals surface area contributed by atoms with E-state index in [1.165, 1.54) is 44.4 Å². The van der Waals surface area contributed by atoms with Crippen LogP contribution in [0.2, 0.25) is 0 Å². The van der Waals surface area contributed by atoms with Gasteiger partial charge in [-0.3, -0.25) is 0 Å². The first-order chi connectivity index (χ1) is 16.6. The molecule has 5 aromatic rings. The third kappa shape index (κ3) is 4.30. The van der Waals surface area contributed by atoms with Crippen LogP contribution in [0.25, 0.3) is 33.3 Å². The highest BCUT2D eigenvalue weighted by molar-refractivity contribution is 9.10. The van der Waals surface area contributed by atoms with Crippen LogP contribution < -0.4 is 0 Å². The zero-order chi connectivity index (χ0) is 23.5. The Morgan fingerprint density at radius 2 is 1.26 bits per heavy atom. The van der Waals surface area contributed by atoms with Crippen molar-refractivity contribution in [3.8, 4) is 11.3 Å². The molecule has 2 heteroatoms. The molecule has 0 saturated carbocycles. The van der Waals surface area contributed by atoms with Gasteiger partial charge in [0.1, 0.15) is 0 Å². The maximum absolute atomic E-state index is 3.86. The van der Waals surface area contributed by atoms with E-state index in [-0.39, 0.29) is 0 Å². The summed E-state index contributed by atoms with van der Waals surface area (Å²) in [6.07, 6.45) is 2.36. The Kier molecular flexibility index (Phi) is 6.33. The molecule has 4 aromatic carbocycles. The zero-order valence-electron chi connectivity index (χ0n) is 19.3. The zero-order valence-corrected chi connectivity index (χ0v) is 20.9. The lowest BCUT2D eigenvalue weighted by Crippen LogP contribution is -1.94. The molecule has 0 amide bonds. The molecule has 0 fully saturated rings. The summed E-state index contributed by atoms with van der Waals surface area (Å²) in [5.74, 6) is 0. The fourth-order valence-corrected chi connectivity index (χ4v) is 5.06. The molecular formula is C32H26BrN. The van der Waals surface area contributed by atoms with Gasteiger partial charge in [-0.25, -0.2) is 0 Å². The van der Waals surface area contributed by atoms with Gasteiger partial charge in [0.15, 0.2) is 0 Å². The van der Waals surface area contributed by atoms with Crippen LogP contribution in [0, 0.1) is 0 Å². The van der Waals surface area contributed by atoms with Crippen LogP contribution in [0.1, 0.15) is 30.5 Å². The fourth-order valence-electron chi connectivity index (χ4n) is 4.49. The average Bonchev–Trinajstić information content (AvgIpc) is 3.27. The molecule has 0 aliphatic carbocycles. The van der Waals surface area contributed by atoms with Gasteiger partial charge >= 0.3 is 0 Å². The highest BCUT2D eigenvalue weighted by Crippen LogP contribution is 2.42. The van der Waals surface area contributed by atoms with Crippen LogP contribution in [0.3, 0.4) is 0 Å². The van der Waals surface area contributed by atoms with Crippen molar-refractivity contribution in [2.24, 2.45) is 0 Å². The van der Waals surface area contributed by atoms with Crippen molar-refractivity contribution in [2.45, 2.75) is 13.8 Å². The number of hydrogen-bond donors (Lipinski definition) is 1. The number of halogens is 1. The number of benzene rings is 4. The second-order valence-corrected chi connectivity index (χ2v) is 9.46. The van der Waals surface area contributed by atoms with E-state index >= 15 is 0 Å². The third-order valence-electron chi connectivity index (χ3n) is 6.10. The Morgan fingerprint density at radius 1 is 0.676 bits per heavy atom. The number of H-pyrrole nitrogens is 1. The summed E-state index contributed by atoms with van der Waals surface area (Å²) in [5, 5.41) is 1.19. The highest BCUT2D eigenvalue weighted by Gasteiger charge is 2.20. The summed E-state index contributed by atoms with van der Waals surface area (Å²) in [6.45, 7) is 4.37. The summed E-state index contributed by atoms with van der Waals surface area (Å²) < 4.78 is 1.08. The second kappa shape index (κ2) is 9.70. The van der Waals surface area contributed by atoms with E-state index < -0.39 is 0 Å². The molecule has 1 heterocycles. The Hall–Kier alpha value is -3.62. The quantitative estimate of drug-likeness (QED) is 0.230. The molecule has 0 saturated heterocycles. The fraction of sp³-hybridized carbons (Fsp3) is 0.0625. The van der Waals surface area contributed by atoms with E-state index in [2.05, 4.69) is 150 Å². The number of hydrogen-bond acceptors (Lipinski definition) is 0. The van der Waals surface area contributed by atoms with E-state index in [1.54, 1.807) is 0 Å². The molecule has 0 spiro atoms. The van der Waals surface area contributed by atoms with Gasteiger partial charge in [-0.1, -0.05) is 119 Å². The predicted molar refractivity (Wildman–Crippen MR) is 150 cm³/mol. The number of rotatable bonds is 5. The highest BCUT2D eigenvalue weighted by atomic mass is 79.9. The minimum absolute atomic E-state index is 1.08. The third-order valence-corrected chi connectivity index (χ3v) is 6.76. The van der Waals surface area contributed by atoms with Gasteiger partial charge in [0, 0.05) is 20.9 Å². The topological polar surface area (TPSA) is 15.8 Å². The van der Waals surface area contributed by atoms with Gasteiger partial charge in [-0.05, 0) is 59.9 Å². The molecule has 0 atom stereocenters. The van der Waals surface area contributed by atoms with Gasteiger partial charge in [0.2, 0.25) is 0 Å². The van der Waals surface area contributed by atoms with E-state index in [0.29, 0.717) is 0 Å². The van der Waals surface area contributed by atoms with Crippen LogP contribution in [0.4, 0.5) is 0 Å².